The van der Waals surface area contributed by atoms with Gasteiger partial charge in [-0.15, -0.1) is 0 Å². The smallest absolute Gasteiger partial charge is 0.174 e. The Morgan fingerprint density at radius 2 is 2.00 bits per heavy atom. The molecule has 1 aromatic heterocycles. The Kier molecular flexibility index (Phi) is 4.31. The van der Waals surface area contributed by atoms with Crippen molar-refractivity contribution in [1.29, 1.82) is 0 Å². The maximum atomic E-state index is 5.78. The first kappa shape index (κ1) is 14.6. The van der Waals surface area contributed by atoms with E-state index in [-0.39, 0.29) is 0 Å². The number of hydrogen-bond donors (Lipinski definition) is 1. The first-order chi connectivity index (χ1) is 10.1. The summed E-state index contributed by atoms with van der Waals surface area (Å²) < 4.78 is 12.2. The number of hydrogen-bond acceptors (Lipinski definition) is 4. The van der Waals surface area contributed by atoms with E-state index >= 15 is 0 Å². The Balaban J connectivity index is 1.56. The molecule has 4 nitrogen and oxygen atoms in total. The van der Waals surface area contributed by atoms with E-state index in [0.717, 1.165) is 39.3 Å². The fourth-order valence-corrected chi connectivity index (χ4v) is 2.42. The number of halogens is 1. The summed E-state index contributed by atoms with van der Waals surface area (Å²) in [6, 6.07) is 6.66. The summed E-state index contributed by atoms with van der Waals surface area (Å²) in [6.45, 7) is 5.28. The van der Waals surface area contributed by atoms with Gasteiger partial charge in [0.15, 0.2) is 5.76 Å². The number of benzene rings is 1. The molecule has 1 N–H and O–H groups in total. The van der Waals surface area contributed by atoms with Crippen molar-refractivity contribution >= 4 is 15.9 Å². The molecular weight excluding hydrogens is 332 g/mol. The summed E-state index contributed by atoms with van der Waals surface area (Å²) in [7, 11) is 0. The Labute approximate surface area is 133 Å². The van der Waals surface area contributed by atoms with Crippen LogP contribution in [0.15, 0.2) is 27.2 Å². The maximum absolute atomic E-state index is 5.78. The van der Waals surface area contributed by atoms with Gasteiger partial charge in [0.2, 0.25) is 0 Å². The van der Waals surface area contributed by atoms with Crippen LogP contribution >= 0.6 is 15.9 Å². The zero-order valence-corrected chi connectivity index (χ0v) is 13.9. The van der Waals surface area contributed by atoms with Crippen molar-refractivity contribution < 1.29 is 9.26 Å². The third-order valence-corrected chi connectivity index (χ3v) is 4.80. The fourth-order valence-electron chi connectivity index (χ4n) is 2.19. The highest BCUT2D eigenvalue weighted by Gasteiger charge is 2.20. The van der Waals surface area contributed by atoms with Crippen LogP contribution in [-0.2, 0) is 13.2 Å². The van der Waals surface area contributed by atoms with Crippen LogP contribution in [0.4, 0.5) is 0 Å². The van der Waals surface area contributed by atoms with Gasteiger partial charge < -0.3 is 14.6 Å². The highest BCUT2D eigenvalue weighted by molar-refractivity contribution is 9.10. The molecule has 0 amide bonds. The van der Waals surface area contributed by atoms with Crippen LogP contribution in [0, 0.1) is 13.8 Å². The predicted molar refractivity (Wildman–Crippen MR) is 84.3 cm³/mol. The number of nitrogens with zero attached hydrogens (tertiary/aromatic N) is 1. The van der Waals surface area contributed by atoms with Crippen LogP contribution in [-0.4, -0.2) is 11.2 Å². The highest BCUT2D eigenvalue weighted by atomic mass is 79.9. The number of aromatic nitrogens is 1. The molecule has 3 rings (SSSR count). The van der Waals surface area contributed by atoms with Crippen molar-refractivity contribution in [2.24, 2.45) is 0 Å². The number of aryl methyl sites for hydroxylation is 2. The van der Waals surface area contributed by atoms with Gasteiger partial charge in [-0.25, -0.2) is 0 Å². The molecule has 1 heterocycles. The van der Waals surface area contributed by atoms with Crippen molar-refractivity contribution in [2.45, 2.75) is 45.9 Å². The van der Waals surface area contributed by atoms with E-state index in [1.165, 1.54) is 12.8 Å². The molecule has 0 unspecified atom stereocenters. The van der Waals surface area contributed by atoms with Gasteiger partial charge in [0.1, 0.15) is 12.4 Å². The molecule has 0 bridgehead atoms. The zero-order valence-electron chi connectivity index (χ0n) is 12.3. The molecule has 1 saturated carbocycles. The minimum Gasteiger partial charge on any atom is -0.486 e. The second-order valence-corrected chi connectivity index (χ2v) is 6.39. The monoisotopic (exact) mass is 350 g/mol. The van der Waals surface area contributed by atoms with Crippen LogP contribution in [0.2, 0.25) is 0 Å². The molecule has 1 aliphatic carbocycles. The van der Waals surface area contributed by atoms with Crippen LogP contribution < -0.4 is 10.1 Å². The Bertz CT molecular complexity index is 612. The summed E-state index contributed by atoms with van der Waals surface area (Å²) in [4.78, 5) is 0. The Morgan fingerprint density at radius 1 is 1.29 bits per heavy atom. The molecule has 21 heavy (non-hydrogen) atoms. The minimum atomic E-state index is 0.400. The fraction of sp³-hybridized carbons (Fsp3) is 0.438. The molecule has 5 heteroatoms. The van der Waals surface area contributed by atoms with E-state index in [4.69, 9.17) is 9.26 Å². The quantitative estimate of drug-likeness (QED) is 0.858. The predicted octanol–water partition coefficient (Wildman–Crippen LogP) is 3.88. The van der Waals surface area contributed by atoms with Crippen LogP contribution in [0.3, 0.4) is 0 Å². The van der Waals surface area contributed by atoms with Gasteiger partial charge in [0, 0.05) is 23.1 Å². The second kappa shape index (κ2) is 6.20. The molecule has 0 saturated heterocycles. The largest absolute Gasteiger partial charge is 0.486 e. The molecule has 0 spiro atoms. The lowest BCUT2D eigenvalue weighted by molar-refractivity contribution is 0.248. The summed E-state index contributed by atoms with van der Waals surface area (Å²) in [6.07, 6.45) is 2.55. The van der Waals surface area contributed by atoms with E-state index in [2.05, 4.69) is 40.3 Å². The summed E-state index contributed by atoms with van der Waals surface area (Å²) in [5.74, 6) is 1.60. The SMILES string of the molecule is Cc1cc(OCc2cc(CNC3CC3)no2)cc(C)c1Br. The summed E-state index contributed by atoms with van der Waals surface area (Å²) >= 11 is 3.56. The summed E-state index contributed by atoms with van der Waals surface area (Å²) in [5.41, 5.74) is 3.26. The van der Waals surface area contributed by atoms with Gasteiger partial charge in [-0.1, -0.05) is 21.1 Å². The van der Waals surface area contributed by atoms with Gasteiger partial charge in [0.05, 0.1) is 5.69 Å². The minimum absolute atomic E-state index is 0.400. The van der Waals surface area contributed by atoms with Crippen molar-refractivity contribution in [1.82, 2.24) is 10.5 Å². The number of rotatable bonds is 6. The third-order valence-electron chi connectivity index (χ3n) is 3.55. The second-order valence-electron chi connectivity index (χ2n) is 5.60. The van der Waals surface area contributed by atoms with Gasteiger partial charge in [0.25, 0.3) is 0 Å². The average molecular weight is 351 g/mol. The summed E-state index contributed by atoms with van der Waals surface area (Å²) in [5, 5.41) is 7.47. The van der Waals surface area contributed by atoms with E-state index < -0.39 is 0 Å². The molecular formula is C16H19BrN2O2. The first-order valence-corrected chi connectivity index (χ1v) is 7.98. The van der Waals surface area contributed by atoms with Gasteiger partial charge in [-0.2, -0.15) is 0 Å². The van der Waals surface area contributed by atoms with E-state index in [1.807, 2.05) is 18.2 Å². The van der Waals surface area contributed by atoms with Crippen molar-refractivity contribution in [3.63, 3.8) is 0 Å². The van der Waals surface area contributed by atoms with E-state index in [0.29, 0.717) is 12.6 Å². The Hall–Kier alpha value is -1.33. The molecule has 0 radical (unpaired) electrons. The standard InChI is InChI=1S/C16H19BrN2O2/c1-10-5-14(6-11(2)16(10)17)20-9-15-7-13(19-21-15)8-18-12-3-4-12/h5-7,12,18H,3-4,8-9H2,1-2H3. The molecule has 1 aromatic carbocycles. The van der Waals surface area contributed by atoms with Crippen LogP contribution in [0.5, 0.6) is 5.75 Å². The molecule has 2 aromatic rings. The van der Waals surface area contributed by atoms with Crippen molar-refractivity contribution in [3.8, 4) is 5.75 Å². The van der Waals surface area contributed by atoms with Crippen molar-refractivity contribution in [3.05, 3.63) is 45.3 Å². The molecule has 0 aliphatic heterocycles. The normalized spacial score (nSPS) is 14.4. The number of nitrogens with one attached hydrogen (secondary N) is 1. The third kappa shape index (κ3) is 3.86. The zero-order chi connectivity index (χ0) is 14.8. The van der Waals surface area contributed by atoms with Gasteiger partial charge in [-0.3, -0.25) is 0 Å². The van der Waals surface area contributed by atoms with Crippen LogP contribution in [0.1, 0.15) is 35.4 Å². The lowest BCUT2D eigenvalue weighted by atomic mass is 10.1. The van der Waals surface area contributed by atoms with Crippen molar-refractivity contribution in [2.75, 3.05) is 0 Å². The highest BCUT2D eigenvalue weighted by Crippen LogP contribution is 2.27. The topological polar surface area (TPSA) is 47.3 Å². The van der Waals surface area contributed by atoms with E-state index in [9.17, 15) is 0 Å². The first-order valence-electron chi connectivity index (χ1n) is 7.19. The number of ether oxygens (including phenoxy) is 1. The maximum Gasteiger partial charge on any atom is 0.174 e. The van der Waals surface area contributed by atoms with Gasteiger partial charge in [-0.05, 0) is 49.9 Å². The lowest BCUT2D eigenvalue weighted by Crippen LogP contribution is -2.15. The Morgan fingerprint density at radius 3 is 2.67 bits per heavy atom. The molecule has 0 atom stereocenters. The van der Waals surface area contributed by atoms with Crippen LogP contribution in [0.25, 0.3) is 0 Å². The molecule has 1 fully saturated rings. The average Bonchev–Trinajstić information content (AvgIpc) is 3.18. The molecule has 112 valence electrons. The van der Waals surface area contributed by atoms with Gasteiger partial charge >= 0.3 is 0 Å². The lowest BCUT2D eigenvalue weighted by Gasteiger charge is -2.08. The van der Waals surface area contributed by atoms with E-state index in [1.54, 1.807) is 0 Å². The molecule has 1 aliphatic rings.